The third-order valence-corrected chi connectivity index (χ3v) is 2.85. The van der Waals surface area contributed by atoms with Gasteiger partial charge in [-0.05, 0) is 13.3 Å². The van der Waals surface area contributed by atoms with E-state index in [2.05, 4.69) is 20.3 Å². The van der Waals surface area contributed by atoms with Crippen LogP contribution in [0.3, 0.4) is 0 Å². The van der Waals surface area contributed by atoms with Crippen molar-refractivity contribution in [1.82, 2.24) is 19.5 Å². The van der Waals surface area contributed by atoms with Crippen LogP contribution < -0.4 is 16.6 Å². The molecule has 0 aliphatic heterocycles. The minimum absolute atomic E-state index is 0.0187. The van der Waals surface area contributed by atoms with Crippen LogP contribution in [0, 0.1) is 0 Å². The van der Waals surface area contributed by atoms with E-state index in [1.54, 1.807) is 7.05 Å². The molecule has 17 heavy (non-hydrogen) atoms. The number of H-pyrrole nitrogens is 2. The zero-order valence-corrected chi connectivity index (χ0v) is 10.00. The molecule has 0 aromatic carbocycles. The molecule has 3 N–H and O–H groups in total. The van der Waals surface area contributed by atoms with Gasteiger partial charge < -0.3 is 10.3 Å². The maximum Gasteiger partial charge on any atom is 0.330 e. The van der Waals surface area contributed by atoms with E-state index in [1.807, 2.05) is 13.8 Å². The molecular formula is C10H15N5O2. The van der Waals surface area contributed by atoms with Crippen molar-refractivity contribution in [3.05, 3.63) is 20.8 Å². The normalized spacial score (nSPS) is 12.9. The summed E-state index contributed by atoms with van der Waals surface area (Å²) in [5.74, 6) is 0.466. The van der Waals surface area contributed by atoms with Crippen LogP contribution in [0.1, 0.15) is 26.3 Å². The van der Waals surface area contributed by atoms with Gasteiger partial charge in [0, 0.05) is 13.1 Å². The Balaban J connectivity index is 2.86. The molecule has 2 aromatic heterocycles. The first-order valence-electron chi connectivity index (χ1n) is 5.50. The number of hydrogen-bond donors (Lipinski definition) is 3. The summed E-state index contributed by atoms with van der Waals surface area (Å²) >= 11 is 0. The Kier molecular flexibility index (Phi) is 2.74. The van der Waals surface area contributed by atoms with Crippen molar-refractivity contribution in [3.8, 4) is 0 Å². The van der Waals surface area contributed by atoms with Gasteiger partial charge in [-0.25, -0.2) is 4.79 Å². The molecule has 1 unspecified atom stereocenters. The van der Waals surface area contributed by atoms with Gasteiger partial charge in [0.2, 0.25) is 5.95 Å². The minimum Gasteiger partial charge on any atom is -0.359 e. The van der Waals surface area contributed by atoms with E-state index in [9.17, 15) is 9.59 Å². The van der Waals surface area contributed by atoms with Gasteiger partial charge in [0.25, 0.3) is 5.56 Å². The summed E-state index contributed by atoms with van der Waals surface area (Å²) in [6.07, 6.45) is 0.781. The van der Waals surface area contributed by atoms with Crippen molar-refractivity contribution in [1.29, 1.82) is 0 Å². The van der Waals surface area contributed by atoms with E-state index >= 15 is 0 Å². The van der Waals surface area contributed by atoms with Crippen LogP contribution in [0.2, 0.25) is 0 Å². The molecule has 1 atom stereocenters. The average Bonchev–Trinajstić information content (AvgIpc) is 2.72. The van der Waals surface area contributed by atoms with Gasteiger partial charge >= 0.3 is 5.69 Å². The molecule has 0 amide bonds. The Bertz CT molecular complexity index is 651. The molecular weight excluding hydrogens is 222 g/mol. The molecule has 0 bridgehead atoms. The molecule has 2 aromatic rings. The molecule has 0 spiro atoms. The smallest absolute Gasteiger partial charge is 0.330 e. The Morgan fingerprint density at radius 1 is 1.41 bits per heavy atom. The lowest BCUT2D eigenvalue weighted by molar-refractivity contribution is 0.517. The van der Waals surface area contributed by atoms with Crippen LogP contribution in [0.25, 0.3) is 11.2 Å². The van der Waals surface area contributed by atoms with Gasteiger partial charge in [0.15, 0.2) is 11.2 Å². The molecule has 0 saturated carbocycles. The minimum atomic E-state index is -0.446. The number of anilines is 1. The highest BCUT2D eigenvalue weighted by Crippen LogP contribution is 2.14. The van der Waals surface area contributed by atoms with Crippen LogP contribution in [0.15, 0.2) is 9.59 Å². The van der Waals surface area contributed by atoms with E-state index in [0.717, 1.165) is 6.42 Å². The van der Waals surface area contributed by atoms with Crippen molar-refractivity contribution >= 4 is 17.1 Å². The van der Waals surface area contributed by atoms with E-state index in [-0.39, 0.29) is 6.04 Å². The number of nitrogens with zero attached hydrogens (tertiary/aromatic N) is 2. The molecule has 0 fully saturated rings. The maximum absolute atomic E-state index is 11.8. The molecule has 7 heteroatoms. The fourth-order valence-corrected chi connectivity index (χ4v) is 1.72. The van der Waals surface area contributed by atoms with Crippen LogP contribution in [-0.2, 0) is 0 Å². The predicted octanol–water partition coefficient (Wildman–Crippen LogP) is 0.426. The number of imidazole rings is 1. The Hall–Kier alpha value is -2.05. The van der Waals surface area contributed by atoms with Crippen LogP contribution in [-0.4, -0.2) is 26.6 Å². The molecule has 0 aliphatic carbocycles. The first-order chi connectivity index (χ1) is 8.08. The highest BCUT2D eigenvalue weighted by molar-refractivity contribution is 5.72. The third kappa shape index (κ3) is 1.73. The molecule has 2 rings (SSSR count). The Morgan fingerprint density at radius 2 is 2.12 bits per heavy atom. The molecule has 2 heterocycles. The lowest BCUT2D eigenvalue weighted by atomic mass is 10.2. The molecule has 0 aliphatic rings. The number of aromatic nitrogens is 4. The Morgan fingerprint density at radius 3 is 2.71 bits per heavy atom. The topological polar surface area (TPSA) is 95.6 Å². The van der Waals surface area contributed by atoms with Crippen LogP contribution in [0.5, 0.6) is 0 Å². The van der Waals surface area contributed by atoms with E-state index in [0.29, 0.717) is 17.1 Å². The summed E-state index contributed by atoms with van der Waals surface area (Å²) in [5.41, 5.74) is -0.170. The fourth-order valence-electron chi connectivity index (χ4n) is 1.72. The van der Waals surface area contributed by atoms with Crippen molar-refractivity contribution in [2.24, 2.45) is 0 Å². The largest absolute Gasteiger partial charge is 0.359 e. The van der Waals surface area contributed by atoms with Crippen molar-refractivity contribution in [2.75, 3.05) is 12.4 Å². The second-order valence-corrected chi connectivity index (χ2v) is 3.92. The molecule has 0 saturated heterocycles. The van der Waals surface area contributed by atoms with Crippen molar-refractivity contribution in [3.63, 3.8) is 0 Å². The van der Waals surface area contributed by atoms with Gasteiger partial charge in [-0.15, -0.1) is 0 Å². The second kappa shape index (κ2) is 4.08. The summed E-state index contributed by atoms with van der Waals surface area (Å²) in [6.45, 7) is 3.88. The third-order valence-electron chi connectivity index (χ3n) is 2.85. The summed E-state index contributed by atoms with van der Waals surface area (Å²) in [4.78, 5) is 32.7. The molecule has 7 nitrogen and oxygen atoms in total. The van der Waals surface area contributed by atoms with Crippen LogP contribution >= 0.6 is 0 Å². The van der Waals surface area contributed by atoms with Crippen LogP contribution in [0.4, 0.5) is 5.95 Å². The maximum atomic E-state index is 11.8. The average molecular weight is 237 g/mol. The lowest BCUT2D eigenvalue weighted by Crippen LogP contribution is -2.32. The lowest BCUT2D eigenvalue weighted by Gasteiger charge is -2.12. The van der Waals surface area contributed by atoms with Gasteiger partial charge in [-0.3, -0.25) is 14.3 Å². The summed E-state index contributed by atoms with van der Waals surface area (Å²) < 4.78 is 1.49. The van der Waals surface area contributed by atoms with E-state index in [4.69, 9.17) is 0 Å². The second-order valence-electron chi connectivity index (χ2n) is 3.92. The SMILES string of the molecule is CCC(C)n1c(=O)[nH]c(=O)c2[nH]c(NC)nc21. The number of hydrogen-bond acceptors (Lipinski definition) is 4. The fraction of sp³-hybridized carbons (Fsp3) is 0.500. The summed E-state index contributed by atoms with van der Waals surface area (Å²) in [6, 6.07) is -0.0187. The zero-order valence-electron chi connectivity index (χ0n) is 10.00. The van der Waals surface area contributed by atoms with Gasteiger partial charge in [-0.2, -0.15) is 4.98 Å². The quantitative estimate of drug-likeness (QED) is 0.721. The zero-order chi connectivity index (χ0) is 12.6. The van der Waals surface area contributed by atoms with Crippen molar-refractivity contribution < 1.29 is 0 Å². The van der Waals surface area contributed by atoms with Gasteiger partial charge in [0.05, 0.1) is 0 Å². The monoisotopic (exact) mass is 237 g/mol. The van der Waals surface area contributed by atoms with Gasteiger partial charge in [0.1, 0.15) is 0 Å². The molecule has 92 valence electrons. The number of aromatic amines is 2. The Labute approximate surface area is 96.9 Å². The first kappa shape index (κ1) is 11.4. The number of nitrogens with one attached hydrogen (secondary N) is 3. The summed E-state index contributed by atoms with van der Waals surface area (Å²) in [5, 5.41) is 2.81. The van der Waals surface area contributed by atoms with E-state index < -0.39 is 11.2 Å². The summed E-state index contributed by atoms with van der Waals surface area (Å²) in [7, 11) is 1.69. The van der Waals surface area contributed by atoms with E-state index in [1.165, 1.54) is 4.57 Å². The van der Waals surface area contributed by atoms with Crippen molar-refractivity contribution in [2.45, 2.75) is 26.3 Å². The highest BCUT2D eigenvalue weighted by Gasteiger charge is 2.15. The number of fused-ring (bicyclic) bond motifs is 1. The number of rotatable bonds is 3. The highest BCUT2D eigenvalue weighted by atomic mass is 16.2. The van der Waals surface area contributed by atoms with Gasteiger partial charge in [-0.1, -0.05) is 6.92 Å². The predicted molar refractivity (Wildman–Crippen MR) is 65.5 cm³/mol. The standard InChI is InChI=1S/C10H15N5O2/c1-4-5(2)15-7-6(8(16)14-10(15)17)12-9(11-3)13-7/h5H,4H2,1-3H3,(H2,11,12,13)(H,14,16,17). The molecule has 0 radical (unpaired) electrons. The first-order valence-corrected chi connectivity index (χ1v) is 5.50.